The van der Waals surface area contributed by atoms with E-state index in [0.29, 0.717) is 17.2 Å². The molecule has 320 valence electrons. The van der Waals surface area contributed by atoms with Crippen molar-refractivity contribution in [2.45, 2.75) is 0 Å². The van der Waals surface area contributed by atoms with E-state index >= 15 is 0 Å². The molecule has 13 aromatic rings. The molecule has 3 aromatic heterocycles. The minimum absolute atomic E-state index is 0.608. The number of pyridine rings is 3. The zero-order chi connectivity index (χ0) is 45.2. The van der Waals surface area contributed by atoms with Crippen molar-refractivity contribution >= 4 is 90.9 Å². The number of rotatable bonds is 8. The SMILES string of the molecule is c1ccc2cc(-c3c4ccccc4c(-c4ccc5ccccc5c4)c4ccccc34)ccc2c1.c1cnc2c([O][Al]([O]c3cccc4cccnc34)[O]c3cccc4cccnc34)cccc2c1. The van der Waals surface area contributed by atoms with Gasteiger partial charge in [0, 0.05) is 34.7 Å². The van der Waals surface area contributed by atoms with Crippen molar-refractivity contribution in [2.24, 2.45) is 0 Å². The zero-order valence-corrected chi connectivity index (χ0v) is 37.9. The normalized spacial score (nSPS) is 11.2. The van der Waals surface area contributed by atoms with Gasteiger partial charge in [0.05, 0.1) is 0 Å². The summed E-state index contributed by atoms with van der Waals surface area (Å²) in [6.45, 7) is 0. The Kier molecular flexibility index (Phi) is 10.8. The highest BCUT2D eigenvalue weighted by atomic mass is 27.3. The van der Waals surface area contributed by atoms with Gasteiger partial charge in [0.15, 0.2) is 0 Å². The molecule has 0 saturated heterocycles. The van der Waals surface area contributed by atoms with E-state index in [0.717, 1.165) is 32.7 Å². The van der Waals surface area contributed by atoms with Gasteiger partial charge in [-0.15, -0.1) is 0 Å². The van der Waals surface area contributed by atoms with Crippen molar-refractivity contribution in [2.75, 3.05) is 0 Å². The van der Waals surface area contributed by atoms with Crippen LogP contribution in [-0.2, 0) is 0 Å². The third-order valence-corrected chi connectivity index (χ3v) is 13.8. The minimum Gasteiger partial charge on any atom is -0.576 e. The Morgan fingerprint density at radius 3 is 0.941 bits per heavy atom. The molecule has 0 amide bonds. The van der Waals surface area contributed by atoms with E-state index < -0.39 is 15.1 Å². The van der Waals surface area contributed by atoms with Crippen LogP contribution in [0.25, 0.3) is 98.1 Å². The van der Waals surface area contributed by atoms with Crippen LogP contribution in [0.2, 0.25) is 0 Å². The number of fused-ring (bicyclic) bond motifs is 7. The van der Waals surface area contributed by atoms with Crippen molar-refractivity contribution in [3.8, 4) is 39.5 Å². The Hall–Kier alpha value is -8.60. The van der Waals surface area contributed by atoms with Crippen LogP contribution in [0.3, 0.4) is 0 Å². The molecule has 68 heavy (non-hydrogen) atoms. The smallest absolute Gasteiger partial charge is 0.576 e. The maximum atomic E-state index is 6.41. The van der Waals surface area contributed by atoms with Gasteiger partial charge in [-0.05, 0) is 114 Å². The van der Waals surface area contributed by atoms with Gasteiger partial charge >= 0.3 is 15.1 Å². The Bertz CT molecular complexity index is 3610. The van der Waals surface area contributed by atoms with E-state index in [1.165, 1.54) is 65.3 Å². The van der Waals surface area contributed by atoms with Gasteiger partial charge in [0.2, 0.25) is 0 Å². The number of hydrogen-bond acceptors (Lipinski definition) is 6. The number of aromatic nitrogens is 3. The first-order valence-electron chi connectivity index (χ1n) is 22.6. The summed E-state index contributed by atoms with van der Waals surface area (Å²) in [5.41, 5.74) is 7.39. The molecule has 6 nitrogen and oxygen atoms in total. The second kappa shape index (κ2) is 18.0. The molecule has 0 spiro atoms. The Balaban J connectivity index is 0.000000141. The van der Waals surface area contributed by atoms with E-state index in [9.17, 15) is 0 Å². The van der Waals surface area contributed by atoms with E-state index in [-0.39, 0.29) is 0 Å². The lowest BCUT2D eigenvalue weighted by atomic mass is 9.85. The summed E-state index contributed by atoms with van der Waals surface area (Å²) in [7, 11) is 0. The maximum absolute atomic E-state index is 6.41. The van der Waals surface area contributed by atoms with Gasteiger partial charge in [0.1, 0.15) is 33.8 Å². The molecular weight excluding hydrogens is 850 g/mol. The summed E-state index contributed by atoms with van der Waals surface area (Å²) >= 11 is -2.86. The summed E-state index contributed by atoms with van der Waals surface area (Å²) in [6, 6.07) is 77.7. The highest BCUT2D eigenvalue weighted by Gasteiger charge is 2.46. The van der Waals surface area contributed by atoms with Gasteiger partial charge in [-0.25, -0.2) is 0 Å². The summed E-state index contributed by atoms with van der Waals surface area (Å²) in [5.74, 6) is 1.82. The third kappa shape index (κ3) is 7.86. The molecule has 0 radical (unpaired) electrons. The van der Waals surface area contributed by atoms with E-state index in [4.69, 9.17) is 11.4 Å². The predicted molar refractivity (Wildman–Crippen MR) is 280 cm³/mol. The average molecular weight is 890 g/mol. The molecule has 13 rings (SSSR count). The van der Waals surface area contributed by atoms with Gasteiger partial charge in [-0.3, -0.25) is 15.0 Å². The van der Waals surface area contributed by atoms with Gasteiger partial charge in [-0.2, -0.15) is 0 Å². The van der Waals surface area contributed by atoms with Crippen LogP contribution in [0.5, 0.6) is 17.2 Å². The molecule has 0 saturated carbocycles. The first-order chi connectivity index (χ1) is 33.7. The van der Waals surface area contributed by atoms with E-state index in [2.05, 4.69) is 148 Å². The summed E-state index contributed by atoms with van der Waals surface area (Å²) in [6.07, 6.45) is 5.24. The Labute approximate surface area is 397 Å². The van der Waals surface area contributed by atoms with Crippen molar-refractivity contribution in [3.63, 3.8) is 0 Å². The molecule has 0 unspecified atom stereocenters. The highest BCUT2D eigenvalue weighted by molar-refractivity contribution is 6.40. The quantitative estimate of drug-likeness (QED) is 0.112. The number of benzene rings is 10. The maximum Gasteiger partial charge on any atom is 1.20 e. The Morgan fingerprint density at radius 1 is 0.265 bits per heavy atom. The van der Waals surface area contributed by atoms with Crippen molar-refractivity contribution in [1.82, 2.24) is 15.0 Å². The Morgan fingerprint density at radius 2 is 0.574 bits per heavy atom. The molecule has 0 bridgehead atoms. The molecule has 10 aromatic carbocycles. The first kappa shape index (κ1) is 40.9. The summed E-state index contributed by atoms with van der Waals surface area (Å²) < 4.78 is 19.2. The van der Waals surface area contributed by atoms with Gasteiger partial charge in [-0.1, -0.05) is 176 Å². The molecule has 0 aliphatic carbocycles. The van der Waals surface area contributed by atoms with Gasteiger partial charge < -0.3 is 11.4 Å². The second-order valence-corrected chi connectivity index (χ2v) is 17.9. The number of para-hydroxylation sites is 3. The molecule has 0 aliphatic heterocycles. The molecule has 0 atom stereocenters. The largest absolute Gasteiger partial charge is 1.20 e. The predicted octanol–water partition coefficient (Wildman–Crippen LogP) is 15.5. The van der Waals surface area contributed by atoms with Crippen LogP contribution in [0.4, 0.5) is 0 Å². The molecule has 0 fully saturated rings. The van der Waals surface area contributed by atoms with Crippen LogP contribution in [0, 0.1) is 0 Å². The van der Waals surface area contributed by atoms with Crippen LogP contribution in [-0.4, -0.2) is 30.1 Å². The fourth-order valence-electron chi connectivity index (χ4n) is 9.34. The topological polar surface area (TPSA) is 66.4 Å². The molecule has 0 N–H and O–H groups in total. The minimum atomic E-state index is -2.86. The average Bonchev–Trinajstić information content (AvgIpc) is 3.40. The molecule has 3 heterocycles. The molecular formula is C61H40AlN3O3. The summed E-state index contributed by atoms with van der Waals surface area (Å²) in [4.78, 5) is 13.5. The number of nitrogens with zero attached hydrogens (tertiary/aromatic N) is 3. The van der Waals surface area contributed by atoms with Crippen LogP contribution in [0.1, 0.15) is 0 Å². The number of hydrogen-bond donors (Lipinski definition) is 0. The fourth-order valence-corrected chi connectivity index (χ4v) is 10.7. The van der Waals surface area contributed by atoms with Crippen molar-refractivity contribution in [1.29, 1.82) is 0 Å². The fraction of sp³-hybridized carbons (Fsp3) is 0. The van der Waals surface area contributed by atoms with E-state index in [1.807, 2.05) is 91.0 Å². The lowest BCUT2D eigenvalue weighted by Crippen LogP contribution is -2.37. The van der Waals surface area contributed by atoms with Gasteiger partial charge in [0.25, 0.3) is 0 Å². The van der Waals surface area contributed by atoms with Crippen molar-refractivity contribution < 1.29 is 11.4 Å². The van der Waals surface area contributed by atoms with Crippen LogP contribution >= 0.6 is 0 Å². The van der Waals surface area contributed by atoms with Crippen molar-refractivity contribution in [3.05, 3.63) is 243 Å². The molecule has 7 heteroatoms. The third-order valence-electron chi connectivity index (χ3n) is 12.5. The highest BCUT2D eigenvalue weighted by Crippen LogP contribution is 2.44. The lowest BCUT2D eigenvalue weighted by Gasteiger charge is -2.18. The van der Waals surface area contributed by atoms with Crippen LogP contribution < -0.4 is 11.4 Å². The standard InChI is InChI=1S/C34H22.3C9H7NO.Al/c1-3-11-25-21-27(19-17-23(25)9-1)33-29-13-5-7-15-31(29)34(32-16-8-6-14-30(32)33)28-20-18-24-10-2-4-12-26(24)22-28;3*11-8-5-1-3-7-4-2-6-10-9(7)8;/h1-22H;3*1-6,11H;/q;;;;+3/p-3. The van der Waals surface area contributed by atoms with Crippen LogP contribution in [0.15, 0.2) is 243 Å². The molecule has 0 aliphatic rings. The monoisotopic (exact) mass is 889 g/mol. The second-order valence-electron chi connectivity index (χ2n) is 16.6. The van der Waals surface area contributed by atoms with E-state index in [1.54, 1.807) is 18.6 Å². The summed E-state index contributed by atoms with van der Waals surface area (Å²) in [5, 5.41) is 13.2. The first-order valence-corrected chi connectivity index (χ1v) is 24.1. The zero-order valence-electron chi connectivity index (χ0n) is 36.7. The lowest BCUT2D eigenvalue weighted by molar-refractivity contribution is 0.311.